The zero-order chi connectivity index (χ0) is 10.5. The van der Waals surface area contributed by atoms with E-state index in [1.54, 1.807) is 4.91 Å². The van der Waals surface area contributed by atoms with E-state index in [2.05, 4.69) is 47.6 Å². The molecule has 0 atom stereocenters. The van der Waals surface area contributed by atoms with Crippen LogP contribution in [0.2, 0.25) is 0 Å². The van der Waals surface area contributed by atoms with Gasteiger partial charge in [-0.25, -0.2) is 0 Å². The number of hydrogen-bond acceptors (Lipinski definition) is 2. The summed E-state index contributed by atoms with van der Waals surface area (Å²) >= 11 is 1.89. The van der Waals surface area contributed by atoms with E-state index in [9.17, 15) is 0 Å². The highest BCUT2D eigenvalue weighted by Crippen LogP contribution is 2.21. The second kappa shape index (κ2) is 5.38. The Kier molecular flexibility index (Phi) is 3.87. The first kappa shape index (κ1) is 10.8. The molecule has 0 unspecified atom stereocenters. The third kappa shape index (κ3) is 3.11. The first-order valence-electron chi connectivity index (χ1n) is 5.38. The smallest absolute Gasteiger partial charge is 0.0237 e. The fourth-order valence-corrected chi connectivity index (χ4v) is 2.40. The monoisotopic (exact) mass is 219 g/mol. The van der Waals surface area contributed by atoms with Crippen LogP contribution in [0, 0.1) is 0 Å². The quantitative estimate of drug-likeness (QED) is 0.768. The van der Waals surface area contributed by atoms with Crippen LogP contribution in [0.1, 0.15) is 12.0 Å². The Morgan fingerprint density at radius 3 is 2.67 bits per heavy atom. The van der Waals surface area contributed by atoms with Crippen molar-refractivity contribution in [3.05, 3.63) is 46.9 Å². The summed E-state index contributed by atoms with van der Waals surface area (Å²) in [4.78, 5) is 4.04. The maximum absolute atomic E-state index is 2.50. The third-order valence-corrected chi connectivity index (χ3v) is 3.66. The number of nitrogens with zero attached hydrogens (tertiary/aromatic N) is 1. The molecular weight excluding hydrogens is 202 g/mol. The average molecular weight is 219 g/mol. The van der Waals surface area contributed by atoms with Crippen LogP contribution in [-0.2, 0) is 6.54 Å². The summed E-state index contributed by atoms with van der Waals surface area (Å²) in [6.45, 7) is 3.38. The van der Waals surface area contributed by atoms with Crippen molar-refractivity contribution in [1.82, 2.24) is 4.90 Å². The van der Waals surface area contributed by atoms with Crippen LogP contribution in [0.15, 0.2) is 41.3 Å². The first-order chi connectivity index (χ1) is 7.38. The number of hydrogen-bond donors (Lipinski definition) is 0. The summed E-state index contributed by atoms with van der Waals surface area (Å²) in [5.41, 5.74) is 1.42. The molecule has 1 nitrogen and oxygen atoms in total. The van der Waals surface area contributed by atoms with Gasteiger partial charge in [-0.3, -0.25) is 4.90 Å². The lowest BCUT2D eigenvalue weighted by atomic mass is 10.2. The fourth-order valence-electron chi connectivity index (χ4n) is 1.86. The molecule has 1 aromatic carbocycles. The van der Waals surface area contributed by atoms with Crippen molar-refractivity contribution in [3.8, 4) is 0 Å². The van der Waals surface area contributed by atoms with Crippen molar-refractivity contribution in [2.75, 3.05) is 19.3 Å². The van der Waals surface area contributed by atoms with E-state index < -0.39 is 0 Å². The third-order valence-electron chi connectivity index (χ3n) is 2.76. The van der Waals surface area contributed by atoms with Crippen molar-refractivity contribution in [1.29, 1.82) is 0 Å². The molecular formula is C13H17NS. The summed E-state index contributed by atoms with van der Waals surface area (Å²) in [7, 11) is 0. The Morgan fingerprint density at radius 2 is 2.07 bits per heavy atom. The van der Waals surface area contributed by atoms with Crippen LogP contribution in [0.25, 0.3) is 0 Å². The summed E-state index contributed by atoms with van der Waals surface area (Å²) in [6.07, 6.45) is 5.74. The van der Waals surface area contributed by atoms with Gasteiger partial charge in [-0.2, -0.15) is 0 Å². The maximum Gasteiger partial charge on any atom is 0.0237 e. The Morgan fingerprint density at radius 1 is 1.27 bits per heavy atom. The fraction of sp³-hybridized carbons (Fsp3) is 0.385. The second-order valence-corrected chi connectivity index (χ2v) is 4.78. The van der Waals surface area contributed by atoms with Gasteiger partial charge in [0.1, 0.15) is 0 Å². The van der Waals surface area contributed by atoms with Crippen LogP contribution in [0.3, 0.4) is 0 Å². The molecule has 80 valence electrons. The lowest BCUT2D eigenvalue weighted by Crippen LogP contribution is -2.27. The molecule has 0 fully saturated rings. The predicted octanol–water partition coefficient (Wildman–Crippen LogP) is 3.14. The van der Waals surface area contributed by atoms with Gasteiger partial charge in [0.15, 0.2) is 0 Å². The minimum atomic E-state index is 1.08. The van der Waals surface area contributed by atoms with E-state index in [0.29, 0.717) is 0 Å². The van der Waals surface area contributed by atoms with E-state index in [1.165, 1.54) is 18.5 Å². The molecule has 0 N–H and O–H groups in total. The van der Waals surface area contributed by atoms with E-state index in [-0.39, 0.29) is 0 Å². The number of benzene rings is 1. The molecule has 0 aromatic heterocycles. The molecule has 1 heterocycles. The number of thioether (sulfide) groups is 1. The molecule has 0 bridgehead atoms. The van der Waals surface area contributed by atoms with Crippen molar-refractivity contribution in [2.45, 2.75) is 13.0 Å². The minimum Gasteiger partial charge on any atom is -0.295 e. The molecule has 0 saturated heterocycles. The van der Waals surface area contributed by atoms with E-state index in [0.717, 1.165) is 13.1 Å². The molecule has 2 rings (SSSR count). The van der Waals surface area contributed by atoms with Gasteiger partial charge in [-0.15, -0.1) is 11.8 Å². The Bertz CT molecular complexity index is 332. The van der Waals surface area contributed by atoms with Crippen molar-refractivity contribution < 1.29 is 0 Å². The molecule has 0 amide bonds. The topological polar surface area (TPSA) is 3.24 Å². The van der Waals surface area contributed by atoms with Crippen LogP contribution in [-0.4, -0.2) is 24.2 Å². The van der Waals surface area contributed by atoms with Crippen LogP contribution in [0.5, 0.6) is 0 Å². The first-order valence-corrected chi connectivity index (χ1v) is 6.60. The van der Waals surface area contributed by atoms with Gasteiger partial charge in [0.25, 0.3) is 0 Å². The van der Waals surface area contributed by atoms with Gasteiger partial charge in [-0.05, 0) is 23.1 Å². The van der Waals surface area contributed by atoms with Gasteiger partial charge in [0, 0.05) is 19.6 Å². The Balaban J connectivity index is 1.90. The predicted molar refractivity (Wildman–Crippen MR) is 67.9 cm³/mol. The van der Waals surface area contributed by atoms with Gasteiger partial charge in [-0.1, -0.05) is 36.4 Å². The Hall–Kier alpha value is -0.730. The van der Waals surface area contributed by atoms with Crippen molar-refractivity contribution >= 4 is 11.8 Å². The molecule has 0 spiro atoms. The highest BCUT2D eigenvalue weighted by atomic mass is 32.2. The van der Waals surface area contributed by atoms with Gasteiger partial charge >= 0.3 is 0 Å². The second-order valence-electron chi connectivity index (χ2n) is 3.85. The molecule has 2 heteroatoms. The summed E-state index contributed by atoms with van der Waals surface area (Å²) in [5, 5.41) is 0. The molecule has 1 aromatic rings. The highest BCUT2D eigenvalue weighted by Gasteiger charge is 2.10. The van der Waals surface area contributed by atoms with E-state index in [1.807, 2.05) is 11.8 Å². The van der Waals surface area contributed by atoms with Crippen LogP contribution >= 0.6 is 11.8 Å². The highest BCUT2D eigenvalue weighted by molar-refractivity contribution is 8.02. The molecule has 15 heavy (non-hydrogen) atoms. The summed E-state index contributed by atoms with van der Waals surface area (Å²) in [6, 6.07) is 10.7. The Labute approximate surface area is 96.2 Å². The van der Waals surface area contributed by atoms with Crippen molar-refractivity contribution in [2.24, 2.45) is 0 Å². The van der Waals surface area contributed by atoms with Crippen LogP contribution in [0.4, 0.5) is 0 Å². The zero-order valence-corrected chi connectivity index (χ0v) is 9.96. The maximum atomic E-state index is 2.50. The van der Waals surface area contributed by atoms with E-state index >= 15 is 0 Å². The van der Waals surface area contributed by atoms with Gasteiger partial charge in [0.05, 0.1) is 0 Å². The SMILES string of the molecule is CSC1=CCN(Cc2ccccc2)CC1. The van der Waals surface area contributed by atoms with Gasteiger partial charge in [0.2, 0.25) is 0 Å². The molecule has 1 aliphatic heterocycles. The number of rotatable bonds is 3. The zero-order valence-electron chi connectivity index (χ0n) is 9.15. The van der Waals surface area contributed by atoms with Crippen molar-refractivity contribution in [3.63, 3.8) is 0 Å². The largest absolute Gasteiger partial charge is 0.295 e. The average Bonchev–Trinajstić information content (AvgIpc) is 2.31. The minimum absolute atomic E-state index is 1.08. The van der Waals surface area contributed by atoms with E-state index in [4.69, 9.17) is 0 Å². The summed E-state index contributed by atoms with van der Waals surface area (Å²) in [5.74, 6) is 0. The molecule has 1 aliphatic rings. The van der Waals surface area contributed by atoms with Crippen LogP contribution < -0.4 is 0 Å². The molecule has 0 radical (unpaired) electrons. The lowest BCUT2D eigenvalue weighted by Gasteiger charge is -2.25. The lowest BCUT2D eigenvalue weighted by molar-refractivity contribution is 0.289. The van der Waals surface area contributed by atoms with Gasteiger partial charge < -0.3 is 0 Å². The summed E-state index contributed by atoms with van der Waals surface area (Å²) < 4.78 is 0. The standard InChI is InChI=1S/C13H17NS/c1-15-13-7-9-14(10-8-13)11-12-5-3-2-4-6-12/h2-7H,8-11H2,1H3. The molecule has 0 saturated carbocycles. The molecule has 0 aliphatic carbocycles. The normalized spacial score (nSPS) is 17.5.